The molecule has 0 atom stereocenters. The summed E-state index contributed by atoms with van der Waals surface area (Å²) in [5, 5.41) is 2.84. The largest absolute Gasteiger partial charge is 0.449 e. The molecule has 0 saturated heterocycles. The number of rotatable bonds is 6. The van der Waals surface area contributed by atoms with Crippen molar-refractivity contribution >= 4 is 28.1 Å². The van der Waals surface area contributed by atoms with Crippen LogP contribution in [0.4, 0.5) is 4.79 Å². The highest BCUT2D eigenvalue weighted by Crippen LogP contribution is 2.44. The van der Waals surface area contributed by atoms with Crippen molar-refractivity contribution in [3.05, 3.63) is 99.5 Å². The summed E-state index contributed by atoms with van der Waals surface area (Å²) in [6.07, 6.45) is 4.49. The van der Waals surface area contributed by atoms with Gasteiger partial charge in [0.25, 0.3) is 0 Å². The molecule has 1 aliphatic rings. The number of hydrogen-bond acceptors (Lipinski definition) is 2. The summed E-state index contributed by atoms with van der Waals surface area (Å²) in [5.41, 5.74) is 7.26. The number of fused-ring (bicyclic) bond motifs is 3. The van der Waals surface area contributed by atoms with E-state index in [1.165, 1.54) is 27.8 Å². The van der Waals surface area contributed by atoms with Crippen LogP contribution >= 0.6 is 15.9 Å². The number of ether oxygens (including phenoxy) is 1. The number of carbonyl (C=O) groups excluding carboxylic acids is 1. The van der Waals surface area contributed by atoms with Crippen molar-refractivity contribution in [1.29, 1.82) is 0 Å². The number of amides is 1. The molecule has 0 heterocycles. The average molecular weight is 462 g/mol. The van der Waals surface area contributed by atoms with Crippen LogP contribution in [0.5, 0.6) is 0 Å². The number of carbonyl (C=O) groups is 1. The van der Waals surface area contributed by atoms with E-state index in [0.29, 0.717) is 13.2 Å². The predicted octanol–water partition coefficient (Wildman–Crippen LogP) is 6.70. The first-order valence-corrected chi connectivity index (χ1v) is 10.9. The van der Waals surface area contributed by atoms with E-state index in [1.54, 1.807) is 0 Å². The first kappa shape index (κ1) is 20.4. The quantitative estimate of drug-likeness (QED) is 0.414. The Bertz CT molecular complexity index is 1040. The number of nitrogens with one attached hydrogen (secondary N) is 1. The van der Waals surface area contributed by atoms with Crippen molar-refractivity contribution in [2.24, 2.45) is 0 Å². The second-order valence-corrected chi connectivity index (χ2v) is 8.32. The van der Waals surface area contributed by atoms with Crippen molar-refractivity contribution < 1.29 is 9.53 Å². The van der Waals surface area contributed by atoms with E-state index in [4.69, 9.17) is 4.74 Å². The molecule has 3 aromatic carbocycles. The lowest BCUT2D eigenvalue weighted by molar-refractivity contribution is 0.143. The topological polar surface area (TPSA) is 38.3 Å². The first-order chi connectivity index (χ1) is 14.6. The molecule has 0 unspecified atom stereocenters. The zero-order chi connectivity index (χ0) is 20.9. The van der Waals surface area contributed by atoms with Gasteiger partial charge in [0.2, 0.25) is 0 Å². The summed E-state index contributed by atoms with van der Waals surface area (Å²) in [7, 11) is 0. The Morgan fingerprint density at radius 1 is 1.03 bits per heavy atom. The van der Waals surface area contributed by atoms with Crippen molar-refractivity contribution in [2.45, 2.75) is 19.3 Å². The molecular weight excluding hydrogens is 438 g/mol. The number of alkyl carbamates (subject to hydrolysis) is 1. The molecule has 0 aromatic heterocycles. The second-order valence-electron chi connectivity index (χ2n) is 7.47. The van der Waals surface area contributed by atoms with Crippen molar-refractivity contribution in [2.75, 3.05) is 13.2 Å². The van der Waals surface area contributed by atoms with Crippen LogP contribution in [0, 0.1) is 6.92 Å². The lowest BCUT2D eigenvalue weighted by Crippen LogP contribution is -2.26. The first-order valence-electron chi connectivity index (χ1n) is 10.1. The highest BCUT2D eigenvalue weighted by molar-refractivity contribution is 9.10. The number of benzene rings is 3. The van der Waals surface area contributed by atoms with Gasteiger partial charge < -0.3 is 10.1 Å². The third-order valence-electron chi connectivity index (χ3n) is 5.37. The molecule has 4 heteroatoms. The zero-order valence-corrected chi connectivity index (χ0v) is 18.5. The van der Waals surface area contributed by atoms with Crippen LogP contribution in [-0.4, -0.2) is 19.2 Å². The third kappa shape index (κ3) is 4.49. The minimum atomic E-state index is -0.373. The molecule has 0 aliphatic heterocycles. The van der Waals surface area contributed by atoms with Crippen LogP contribution in [0.25, 0.3) is 17.2 Å². The molecule has 1 amide bonds. The smallest absolute Gasteiger partial charge is 0.407 e. The molecule has 0 saturated carbocycles. The molecule has 1 aliphatic carbocycles. The second kappa shape index (κ2) is 9.31. The van der Waals surface area contributed by atoms with Crippen LogP contribution in [-0.2, 0) is 4.74 Å². The molecular formula is C26H24BrNO2. The molecule has 4 rings (SSSR count). The van der Waals surface area contributed by atoms with Gasteiger partial charge in [0.05, 0.1) is 0 Å². The Hall–Kier alpha value is -2.85. The minimum Gasteiger partial charge on any atom is -0.449 e. The summed E-state index contributed by atoms with van der Waals surface area (Å²) in [6, 6.07) is 22.9. The van der Waals surface area contributed by atoms with Crippen LogP contribution < -0.4 is 5.32 Å². The third-order valence-corrected chi connectivity index (χ3v) is 6.10. The van der Waals surface area contributed by atoms with Gasteiger partial charge in [-0.2, -0.15) is 0 Å². The molecule has 0 radical (unpaired) electrons. The Labute approximate surface area is 185 Å². The van der Waals surface area contributed by atoms with Gasteiger partial charge in [-0.3, -0.25) is 0 Å². The molecule has 152 valence electrons. The SMILES string of the molecule is Cc1ccc(Br)c(C=CCCNC(=O)OCC2c3ccccc3-c3ccccc32)c1. The lowest BCUT2D eigenvalue weighted by atomic mass is 9.98. The van der Waals surface area contributed by atoms with Gasteiger partial charge in [0.1, 0.15) is 6.61 Å². The fourth-order valence-electron chi connectivity index (χ4n) is 3.91. The number of hydrogen-bond donors (Lipinski definition) is 1. The average Bonchev–Trinajstić information content (AvgIpc) is 3.08. The van der Waals surface area contributed by atoms with Gasteiger partial charge in [0.15, 0.2) is 0 Å². The van der Waals surface area contributed by atoms with Gasteiger partial charge in [0, 0.05) is 16.9 Å². The van der Waals surface area contributed by atoms with Crippen molar-refractivity contribution in [3.8, 4) is 11.1 Å². The maximum atomic E-state index is 12.2. The maximum Gasteiger partial charge on any atom is 0.407 e. The zero-order valence-electron chi connectivity index (χ0n) is 16.9. The normalized spacial score (nSPS) is 12.6. The van der Waals surface area contributed by atoms with Crippen LogP contribution in [0.15, 0.2) is 77.3 Å². The predicted molar refractivity (Wildman–Crippen MR) is 126 cm³/mol. The summed E-state index contributed by atoms with van der Waals surface area (Å²) in [4.78, 5) is 12.2. The fourth-order valence-corrected chi connectivity index (χ4v) is 4.29. The maximum absolute atomic E-state index is 12.2. The van der Waals surface area contributed by atoms with Crippen LogP contribution in [0.3, 0.4) is 0 Å². The Kier molecular flexibility index (Phi) is 6.34. The molecule has 3 aromatic rings. The van der Waals surface area contributed by atoms with Crippen LogP contribution in [0.2, 0.25) is 0 Å². The summed E-state index contributed by atoms with van der Waals surface area (Å²) in [5.74, 6) is 0.0849. The van der Waals surface area contributed by atoms with Gasteiger partial charge in [-0.15, -0.1) is 0 Å². The van der Waals surface area contributed by atoms with E-state index < -0.39 is 0 Å². The van der Waals surface area contributed by atoms with Crippen molar-refractivity contribution in [1.82, 2.24) is 5.32 Å². The molecule has 0 fully saturated rings. The summed E-state index contributed by atoms with van der Waals surface area (Å²) < 4.78 is 6.62. The van der Waals surface area contributed by atoms with E-state index in [-0.39, 0.29) is 12.0 Å². The van der Waals surface area contributed by atoms with Gasteiger partial charge in [-0.1, -0.05) is 94.3 Å². The molecule has 0 spiro atoms. The Morgan fingerprint density at radius 3 is 2.40 bits per heavy atom. The Balaban J connectivity index is 1.28. The summed E-state index contributed by atoms with van der Waals surface area (Å²) in [6.45, 7) is 2.95. The van der Waals surface area contributed by atoms with Crippen molar-refractivity contribution in [3.63, 3.8) is 0 Å². The van der Waals surface area contributed by atoms with Gasteiger partial charge in [-0.05, 0) is 47.2 Å². The molecule has 30 heavy (non-hydrogen) atoms. The summed E-state index contributed by atoms with van der Waals surface area (Å²) >= 11 is 3.56. The Morgan fingerprint density at radius 2 is 1.70 bits per heavy atom. The molecule has 3 nitrogen and oxygen atoms in total. The lowest BCUT2D eigenvalue weighted by Gasteiger charge is -2.14. The molecule has 0 bridgehead atoms. The van der Waals surface area contributed by atoms with E-state index >= 15 is 0 Å². The van der Waals surface area contributed by atoms with E-state index in [1.807, 2.05) is 30.3 Å². The van der Waals surface area contributed by atoms with E-state index in [0.717, 1.165) is 16.5 Å². The molecule has 1 N–H and O–H groups in total. The monoisotopic (exact) mass is 461 g/mol. The number of halogens is 1. The van der Waals surface area contributed by atoms with Gasteiger partial charge >= 0.3 is 6.09 Å². The highest BCUT2D eigenvalue weighted by atomic mass is 79.9. The standard InChI is InChI=1S/C26H24BrNO2/c1-18-13-14-25(27)19(16-18)8-6-7-15-28-26(29)30-17-24-22-11-4-2-9-20(22)21-10-3-5-12-23(21)24/h2-6,8-14,16,24H,7,15,17H2,1H3,(H,28,29). The number of aryl methyl sites for hydroxylation is 1. The fraction of sp³-hybridized carbons (Fsp3) is 0.192. The highest BCUT2D eigenvalue weighted by Gasteiger charge is 2.28. The minimum absolute atomic E-state index is 0.0849. The van der Waals surface area contributed by atoms with Gasteiger partial charge in [-0.25, -0.2) is 4.79 Å². The van der Waals surface area contributed by atoms with E-state index in [9.17, 15) is 4.79 Å². The van der Waals surface area contributed by atoms with Crippen LogP contribution in [0.1, 0.15) is 34.6 Å². The van der Waals surface area contributed by atoms with E-state index in [2.05, 4.69) is 76.7 Å².